The van der Waals surface area contributed by atoms with E-state index in [9.17, 15) is 4.79 Å². The van der Waals surface area contributed by atoms with Crippen LogP contribution in [0, 0.1) is 11.3 Å². The number of nitrogens with zero attached hydrogens (tertiary/aromatic N) is 4. The quantitative estimate of drug-likeness (QED) is 0.864. The van der Waals surface area contributed by atoms with Crippen LogP contribution in [0.2, 0.25) is 0 Å². The van der Waals surface area contributed by atoms with Crippen LogP contribution in [-0.2, 0) is 11.3 Å². The molecular weight excluding hydrogens is 258 g/mol. The van der Waals surface area contributed by atoms with Crippen LogP contribution in [0.15, 0.2) is 30.6 Å². The Morgan fingerprint density at radius 1 is 1.50 bits per heavy atom. The number of rotatable bonds is 5. The van der Waals surface area contributed by atoms with Gasteiger partial charge in [0.2, 0.25) is 0 Å². The van der Waals surface area contributed by atoms with E-state index < -0.39 is 0 Å². The summed E-state index contributed by atoms with van der Waals surface area (Å²) in [6.07, 6.45) is 1.38. The number of carbonyl (C=O) groups excluding carboxylic acids is 1. The van der Waals surface area contributed by atoms with Gasteiger partial charge in [0.1, 0.15) is 24.0 Å². The Balaban J connectivity index is 1.90. The molecule has 20 heavy (non-hydrogen) atoms. The Labute approximate surface area is 115 Å². The zero-order chi connectivity index (χ0) is 14.4. The molecule has 7 nitrogen and oxygen atoms in total. The number of hydrogen-bond donors (Lipinski definition) is 1. The molecule has 0 fully saturated rings. The molecule has 0 bridgehead atoms. The van der Waals surface area contributed by atoms with Crippen molar-refractivity contribution in [1.82, 2.24) is 20.1 Å². The Hall–Kier alpha value is -2.88. The van der Waals surface area contributed by atoms with E-state index >= 15 is 0 Å². The third-order valence-electron chi connectivity index (χ3n) is 2.64. The van der Waals surface area contributed by atoms with Crippen molar-refractivity contribution in [2.45, 2.75) is 6.54 Å². The summed E-state index contributed by atoms with van der Waals surface area (Å²) in [5.74, 6) is 0.781. The van der Waals surface area contributed by atoms with Crippen LogP contribution in [0.5, 0.6) is 5.75 Å². The average molecular weight is 271 g/mol. The number of H-pyrrole nitrogens is 1. The fourth-order valence-corrected chi connectivity index (χ4v) is 1.55. The molecule has 0 atom stereocenters. The minimum absolute atomic E-state index is 0.136. The van der Waals surface area contributed by atoms with E-state index in [0.29, 0.717) is 23.7 Å². The lowest BCUT2D eigenvalue weighted by molar-refractivity contribution is -0.132. The first-order valence-electron chi connectivity index (χ1n) is 5.91. The van der Waals surface area contributed by atoms with E-state index in [-0.39, 0.29) is 12.5 Å². The van der Waals surface area contributed by atoms with Gasteiger partial charge in [-0.15, -0.1) is 0 Å². The number of hydrogen-bond acceptors (Lipinski definition) is 5. The second-order valence-electron chi connectivity index (χ2n) is 4.08. The van der Waals surface area contributed by atoms with Crippen molar-refractivity contribution in [2.75, 3.05) is 13.7 Å². The van der Waals surface area contributed by atoms with Gasteiger partial charge in [0.15, 0.2) is 6.61 Å². The van der Waals surface area contributed by atoms with Crippen LogP contribution < -0.4 is 4.74 Å². The molecule has 0 spiro atoms. The van der Waals surface area contributed by atoms with Crippen molar-refractivity contribution < 1.29 is 9.53 Å². The van der Waals surface area contributed by atoms with Crippen LogP contribution in [-0.4, -0.2) is 39.6 Å². The van der Waals surface area contributed by atoms with Gasteiger partial charge in [-0.1, -0.05) is 12.1 Å². The molecule has 2 aromatic rings. The zero-order valence-corrected chi connectivity index (χ0v) is 10.9. The minimum atomic E-state index is -0.214. The summed E-state index contributed by atoms with van der Waals surface area (Å²) in [6, 6.07) is 8.79. The third kappa shape index (κ3) is 3.32. The van der Waals surface area contributed by atoms with E-state index in [1.165, 1.54) is 11.2 Å². The Kier molecular flexibility index (Phi) is 4.29. The van der Waals surface area contributed by atoms with Gasteiger partial charge in [-0.2, -0.15) is 10.4 Å². The number of aromatic nitrogens is 3. The highest BCUT2D eigenvalue weighted by Crippen LogP contribution is 2.16. The maximum Gasteiger partial charge on any atom is 0.260 e. The Morgan fingerprint density at radius 2 is 2.30 bits per heavy atom. The van der Waals surface area contributed by atoms with Gasteiger partial charge in [0, 0.05) is 7.05 Å². The normalized spacial score (nSPS) is 9.80. The summed E-state index contributed by atoms with van der Waals surface area (Å²) in [7, 11) is 1.64. The smallest absolute Gasteiger partial charge is 0.260 e. The zero-order valence-electron chi connectivity index (χ0n) is 10.9. The Morgan fingerprint density at radius 3 is 3.00 bits per heavy atom. The van der Waals surface area contributed by atoms with E-state index in [4.69, 9.17) is 10.00 Å². The highest BCUT2D eigenvalue weighted by Gasteiger charge is 2.12. The van der Waals surface area contributed by atoms with E-state index in [2.05, 4.69) is 15.2 Å². The molecule has 1 amide bonds. The molecule has 1 aromatic heterocycles. The van der Waals surface area contributed by atoms with Crippen LogP contribution in [0.3, 0.4) is 0 Å². The lowest BCUT2D eigenvalue weighted by atomic mass is 10.2. The summed E-state index contributed by atoms with van der Waals surface area (Å²) in [5.41, 5.74) is 0.401. The highest BCUT2D eigenvalue weighted by atomic mass is 16.5. The van der Waals surface area contributed by atoms with Crippen molar-refractivity contribution >= 4 is 5.91 Å². The third-order valence-corrected chi connectivity index (χ3v) is 2.64. The van der Waals surface area contributed by atoms with Crippen LogP contribution in [0.25, 0.3) is 0 Å². The fourth-order valence-electron chi connectivity index (χ4n) is 1.55. The molecule has 0 radical (unpaired) electrons. The van der Waals surface area contributed by atoms with E-state index in [1.54, 1.807) is 31.3 Å². The molecule has 0 aliphatic heterocycles. The molecule has 0 saturated heterocycles. The summed E-state index contributed by atoms with van der Waals surface area (Å²) in [5, 5.41) is 15.3. The SMILES string of the molecule is CN(Cc1ncn[nH]1)C(=O)COc1ccccc1C#N. The lowest BCUT2D eigenvalue weighted by Gasteiger charge is -2.16. The molecule has 0 saturated carbocycles. The maximum atomic E-state index is 11.9. The number of nitriles is 1. The van der Waals surface area contributed by atoms with Gasteiger partial charge in [0.05, 0.1) is 12.1 Å². The number of ether oxygens (including phenoxy) is 1. The number of para-hydroxylation sites is 1. The first kappa shape index (κ1) is 13.5. The fraction of sp³-hybridized carbons (Fsp3) is 0.231. The monoisotopic (exact) mass is 271 g/mol. The molecule has 7 heteroatoms. The largest absolute Gasteiger partial charge is 0.482 e. The minimum Gasteiger partial charge on any atom is -0.482 e. The first-order chi connectivity index (χ1) is 9.70. The summed E-state index contributed by atoms with van der Waals surface area (Å²) < 4.78 is 5.37. The highest BCUT2D eigenvalue weighted by molar-refractivity contribution is 5.77. The topological polar surface area (TPSA) is 94.9 Å². The molecular formula is C13H13N5O2. The summed E-state index contributed by atoms with van der Waals surface area (Å²) >= 11 is 0. The molecule has 2 rings (SSSR count). The van der Waals surface area contributed by atoms with Gasteiger partial charge in [-0.05, 0) is 12.1 Å². The van der Waals surface area contributed by atoms with Crippen molar-refractivity contribution in [1.29, 1.82) is 5.26 Å². The van der Waals surface area contributed by atoms with E-state index in [0.717, 1.165) is 0 Å². The molecule has 0 aliphatic carbocycles. The van der Waals surface area contributed by atoms with Crippen molar-refractivity contribution in [3.63, 3.8) is 0 Å². The second-order valence-corrected chi connectivity index (χ2v) is 4.08. The van der Waals surface area contributed by atoms with Gasteiger partial charge in [0.25, 0.3) is 5.91 Å². The van der Waals surface area contributed by atoms with Crippen LogP contribution in [0.1, 0.15) is 11.4 Å². The van der Waals surface area contributed by atoms with Crippen molar-refractivity contribution in [3.8, 4) is 11.8 Å². The molecule has 0 unspecified atom stereocenters. The first-order valence-corrected chi connectivity index (χ1v) is 5.91. The summed E-state index contributed by atoms with van der Waals surface area (Å²) in [4.78, 5) is 17.3. The molecule has 1 aromatic carbocycles. The van der Waals surface area contributed by atoms with Gasteiger partial charge < -0.3 is 9.64 Å². The number of likely N-dealkylation sites (N-methyl/N-ethyl adjacent to an activating group) is 1. The average Bonchev–Trinajstić information content (AvgIpc) is 2.97. The molecule has 1 heterocycles. The standard InChI is InChI=1S/C13H13N5O2/c1-18(7-12-15-9-16-17-12)13(19)8-20-11-5-3-2-4-10(11)6-14/h2-5,9H,7-8H2,1H3,(H,15,16,17). The number of nitrogens with one attached hydrogen (secondary N) is 1. The predicted molar refractivity (Wildman–Crippen MR) is 69.5 cm³/mol. The molecule has 0 aliphatic rings. The molecule has 1 N–H and O–H groups in total. The van der Waals surface area contributed by atoms with Crippen molar-refractivity contribution in [2.24, 2.45) is 0 Å². The number of aromatic amines is 1. The second kappa shape index (κ2) is 6.33. The lowest BCUT2D eigenvalue weighted by Crippen LogP contribution is -2.31. The summed E-state index contributed by atoms with van der Waals surface area (Å²) in [6.45, 7) is 0.186. The van der Waals surface area contributed by atoms with Crippen LogP contribution >= 0.6 is 0 Å². The van der Waals surface area contributed by atoms with Crippen LogP contribution in [0.4, 0.5) is 0 Å². The predicted octanol–water partition coefficient (Wildman–Crippen LogP) is 0.714. The number of benzene rings is 1. The maximum absolute atomic E-state index is 11.9. The van der Waals surface area contributed by atoms with Gasteiger partial charge in [-0.25, -0.2) is 4.98 Å². The Bertz CT molecular complexity index is 618. The number of carbonyl (C=O) groups is 1. The van der Waals surface area contributed by atoms with Gasteiger partial charge in [-0.3, -0.25) is 9.89 Å². The molecule has 102 valence electrons. The van der Waals surface area contributed by atoms with Gasteiger partial charge >= 0.3 is 0 Å². The number of amides is 1. The van der Waals surface area contributed by atoms with Crippen molar-refractivity contribution in [3.05, 3.63) is 42.0 Å². The van der Waals surface area contributed by atoms with E-state index in [1.807, 2.05) is 6.07 Å².